The zero-order valence-corrected chi connectivity index (χ0v) is 21.2. The molecule has 0 N–H and O–H groups in total. The number of halogens is 1. The summed E-state index contributed by atoms with van der Waals surface area (Å²) in [5, 5.41) is 0.745. The van der Waals surface area contributed by atoms with E-state index in [2.05, 4.69) is 75.5 Å². The first-order valence-electron chi connectivity index (χ1n) is 12.7. The highest BCUT2D eigenvalue weighted by Crippen LogP contribution is 2.54. The van der Waals surface area contributed by atoms with Gasteiger partial charge in [0.2, 0.25) is 0 Å². The molecule has 0 amide bonds. The van der Waals surface area contributed by atoms with Gasteiger partial charge >= 0.3 is 0 Å². The first kappa shape index (κ1) is 23.2. The van der Waals surface area contributed by atoms with E-state index in [1.54, 1.807) is 5.56 Å². The molecule has 2 atom stereocenters. The van der Waals surface area contributed by atoms with E-state index in [0.29, 0.717) is 5.41 Å². The zero-order chi connectivity index (χ0) is 23.9. The van der Waals surface area contributed by atoms with Crippen LogP contribution in [0.1, 0.15) is 62.6 Å². The third-order valence-corrected chi connectivity index (χ3v) is 8.54. The van der Waals surface area contributed by atoms with Crippen LogP contribution in [0.5, 0.6) is 0 Å². The van der Waals surface area contributed by atoms with Crippen LogP contribution in [0.2, 0.25) is 5.02 Å². The van der Waals surface area contributed by atoms with Gasteiger partial charge in [0.15, 0.2) is 0 Å². The maximum Gasteiger partial charge on any atom is 0.0406 e. The van der Waals surface area contributed by atoms with Crippen LogP contribution in [-0.4, -0.2) is 0 Å². The van der Waals surface area contributed by atoms with Crippen molar-refractivity contribution in [3.05, 3.63) is 95.5 Å². The smallest absolute Gasteiger partial charge is 0.0406 e. The van der Waals surface area contributed by atoms with Crippen molar-refractivity contribution in [2.75, 3.05) is 0 Å². The quantitative estimate of drug-likeness (QED) is 0.350. The standard InChI is InChI=1S/C33H35Cl/c1-5-29-30(6-2)32(26-9-13-28(34)14-10-26)16-15-31(29)25-7-11-27(12-8-25)33-19-22(3)17-24(21-33)18-23(4)20-33/h5-16,22-24H,1-2,17-21H2,3-4H3. The summed E-state index contributed by atoms with van der Waals surface area (Å²) in [5.74, 6) is 2.55. The Balaban J connectivity index is 1.53. The van der Waals surface area contributed by atoms with Crippen molar-refractivity contribution in [1.29, 1.82) is 0 Å². The summed E-state index contributed by atoms with van der Waals surface area (Å²) < 4.78 is 0. The maximum atomic E-state index is 6.12. The van der Waals surface area contributed by atoms with Gasteiger partial charge < -0.3 is 0 Å². The Morgan fingerprint density at radius 2 is 1.18 bits per heavy atom. The summed E-state index contributed by atoms with van der Waals surface area (Å²) in [6, 6.07) is 21.9. The molecule has 0 aromatic heterocycles. The van der Waals surface area contributed by atoms with Crippen molar-refractivity contribution in [3.8, 4) is 22.3 Å². The molecule has 2 bridgehead atoms. The lowest BCUT2D eigenvalue weighted by Gasteiger charge is -2.50. The monoisotopic (exact) mass is 466 g/mol. The fraction of sp³-hybridized carbons (Fsp3) is 0.333. The Hall–Kier alpha value is -2.57. The molecule has 2 fully saturated rings. The highest BCUT2D eigenvalue weighted by molar-refractivity contribution is 6.30. The fourth-order valence-electron chi connectivity index (χ4n) is 7.27. The molecular formula is C33H35Cl. The molecule has 0 heterocycles. The molecular weight excluding hydrogens is 432 g/mol. The van der Waals surface area contributed by atoms with E-state index in [0.717, 1.165) is 45.0 Å². The van der Waals surface area contributed by atoms with Crippen LogP contribution in [0.3, 0.4) is 0 Å². The predicted octanol–water partition coefficient (Wildman–Crippen LogP) is 10.1. The van der Waals surface area contributed by atoms with Crippen molar-refractivity contribution in [2.24, 2.45) is 17.8 Å². The van der Waals surface area contributed by atoms with Crippen LogP contribution >= 0.6 is 11.6 Å². The lowest BCUT2D eigenvalue weighted by molar-refractivity contribution is 0.0780. The van der Waals surface area contributed by atoms with Crippen molar-refractivity contribution < 1.29 is 0 Å². The number of benzene rings is 3. The molecule has 0 saturated heterocycles. The Morgan fingerprint density at radius 3 is 1.65 bits per heavy atom. The van der Waals surface area contributed by atoms with E-state index in [-0.39, 0.29) is 0 Å². The second-order valence-electron chi connectivity index (χ2n) is 10.9. The molecule has 0 spiro atoms. The van der Waals surface area contributed by atoms with Crippen molar-refractivity contribution in [2.45, 2.75) is 51.4 Å². The third-order valence-electron chi connectivity index (χ3n) is 8.29. The van der Waals surface area contributed by atoms with Crippen LogP contribution in [0.25, 0.3) is 34.4 Å². The first-order valence-corrected chi connectivity index (χ1v) is 13.1. The number of rotatable bonds is 5. The molecule has 0 nitrogen and oxygen atoms in total. The van der Waals surface area contributed by atoms with E-state index >= 15 is 0 Å². The average molecular weight is 467 g/mol. The van der Waals surface area contributed by atoms with Crippen LogP contribution in [0, 0.1) is 17.8 Å². The minimum Gasteiger partial charge on any atom is -0.0984 e. The van der Waals surface area contributed by atoms with Crippen LogP contribution in [-0.2, 0) is 5.41 Å². The van der Waals surface area contributed by atoms with Crippen molar-refractivity contribution >= 4 is 23.8 Å². The molecule has 0 radical (unpaired) electrons. The first-order chi connectivity index (χ1) is 16.4. The van der Waals surface area contributed by atoms with Gasteiger partial charge in [-0.2, -0.15) is 0 Å². The van der Waals surface area contributed by atoms with Crippen LogP contribution in [0.4, 0.5) is 0 Å². The van der Waals surface area contributed by atoms with Crippen molar-refractivity contribution in [3.63, 3.8) is 0 Å². The Morgan fingerprint density at radius 1 is 0.706 bits per heavy atom. The molecule has 3 aromatic rings. The molecule has 3 aromatic carbocycles. The molecule has 174 valence electrons. The molecule has 2 aliphatic rings. The Labute approximate surface area is 210 Å². The molecule has 5 rings (SSSR count). The van der Waals surface area contributed by atoms with Gasteiger partial charge in [0, 0.05) is 5.02 Å². The topological polar surface area (TPSA) is 0 Å². The molecule has 34 heavy (non-hydrogen) atoms. The summed E-state index contributed by atoms with van der Waals surface area (Å²) in [4.78, 5) is 0. The van der Waals surface area contributed by atoms with Gasteiger partial charge in [0.25, 0.3) is 0 Å². The zero-order valence-electron chi connectivity index (χ0n) is 20.5. The van der Waals surface area contributed by atoms with Gasteiger partial charge in [-0.05, 0) is 106 Å². The van der Waals surface area contributed by atoms with E-state index < -0.39 is 0 Å². The SMILES string of the molecule is C=Cc1c(-c2ccc(Cl)cc2)ccc(-c2ccc(C34CC(C)CC(CC(C)C3)C4)cc2)c1C=C. The van der Waals surface area contributed by atoms with Gasteiger partial charge in [0.1, 0.15) is 0 Å². The lowest BCUT2D eigenvalue weighted by Crippen LogP contribution is -2.42. The summed E-state index contributed by atoms with van der Waals surface area (Å²) >= 11 is 6.12. The predicted molar refractivity (Wildman–Crippen MR) is 149 cm³/mol. The van der Waals surface area contributed by atoms with Gasteiger partial charge in [-0.1, -0.05) is 99.3 Å². The van der Waals surface area contributed by atoms with Crippen LogP contribution in [0.15, 0.2) is 73.8 Å². The highest BCUT2D eigenvalue weighted by atomic mass is 35.5. The van der Waals surface area contributed by atoms with Crippen molar-refractivity contribution in [1.82, 2.24) is 0 Å². The Kier molecular flexibility index (Phi) is 6.30. The molecule has 2 unspecified atom stereocenters. The second-order valence-corrected chi connectivity index (χ2v) is 11.4. The largest absolute Gasteiger partial charge is 0.0984 e. The van der Waals surface area contributed by atoms with E-state index in [1.807, 2.05) is 24.3 Å². The van der Waals surface area contributed by atoms with Gasteiger partial charge in [0.05, 0.1) is 0 Å². The molecule has 0 aliphatic heterocycles. The summed E-state index contributed by atoms with van der Waals surface area (Å²) in [7, 11) is 0. The second kappa shape index (κ2) is 9.23. The number of hydrogen-bond donors (Lipinski definition) is 0. The Bertz CT molecular complexity index is 1180. The van der Waals surface area contributed by atoms with Gasteiger partial charge in [-0.15, -0.1) is 0 Å². The summed E-state index contributed by atoms with van der Waals surface area (Å²) in [5.41, 5.74) is 8.89. The van der Waals surface area contributed by atoms with E-state index in [1.165, 1.54) is 43.2 Å². The van der Waals surface area contributed by atoms with Crippen LogP contribution < -0.4 is 0 Å². The van der Waals surface area contributed by atoms with E-state index in [9.17, 15) is 0 Å². The van der Waals surface area contributed by atoms with Gasteiger partial charge in [-0.3, -0.25) is 0 Å². The number of fused-ring (bicyclic) bond motifs is 2. The summed E-state index contributed by atoms with van der Waals surface area (Å²) in [6.45, 7) is 13.2. The average Bonchev–Trinajstić information content (AvgIpc) is 2.82. The lowest BCUT2D eigenvalue weighted by atomic mass is 9.54. The summed E-state index contributed by atoms with van der Waals surface area (Å²) in [6.07, 6.45) is 10.8. The highest BCUT2D eigenvalue weighted by Gasteiger charge is 2.45. The number of hydrogen-bond acceptors (Lipinski definition) is 0. The molecule has 1 heteroatoms. The molecule has 2 aliphatic carbocycles. The van der Waals surface area contributed by atoms with Gasteiger partial charge in [-0.25, -0.2) is 0 Å². The molecule has 2 saturated carbocycles. The minimum atomic E-state index is 0.366. The fourth-order valence-corrected chi connectivity index (χ4v) is 7.40. The maximum absolute atomic E-state index is 6.12. The third kappa shape index (κ3) is 4.18. The van der Waals surface area contributed by atoms with E-state index in [4.69, 9.17) is 11.6 Å². The minimum absolute atomic E-state index is 0.366. The normalized spacial score (nSPS) is 26.1.